The van der Waals surface area contributed by atoms with Crippen molar-refractivity contribution >= 4 is 5.69 Å². The summed E-state index contributed by atoms with van der Waals surface area (Å²) in [6, 6.07) is 7.24. The highest BCUT2D eigenvalue weighted by Gasteiger charge is 2.22. The first-order chi connectivity index (χ1) is 8.47. The van der Waals surface area contributed by atoms with E-state index in [1.165, 1.54) is 0 Å². The summed E-state index contributed by atoms with van der Waals surface area (Å²) >= 11 is 0. The molecule has 0 saturated heterocycles. The van der Waals surface area contributed by atoms with E-state index >= 15 is 0 Å². The number of hydrogen-bond acceptors (Lipinski definition) is 3. The number of nitrogens with one attached hydrogen (secondary N) is 1. The number of nitro groups is 1. The van der Waals surface area contributed by atoms with E-state index in [1.54, 1.807) is 12.1 Å². The van der Waals surface area contributed by atoms with Crippen LogP contribution >= 0.6 is 0 Å². The van der Waals surface area contributed by atoms with E-state index < -0.39 is 0 Å². The zero-order chi connectivity index (χ0) is 13.7. The fraction of sp³-hybridized carbons (Fsp3) is 0.571. The first kappa shape index (κ1) is 14.6. The third-order valence-electron chi connectivity index (χ3n) is 3.69. The zero-order valence-electron chi connectivity index (χ0n) is 11.5. The second kappa shape index (κ2) is 6.50. The highest BCUT2D eigenvalue weighted by molar-refractivity contribution is 5.40. The van der Waals surface area contributed by atoms with Crippen LogP contribution in [0.25, 0.3) is 0 Å². The molecule has 0 amide bonds. The second-order valence-electron chi connectivity index (χ2n) is 5.09. The van der Waals surface area contributed by atoms with Crippen molar-refractivity contribution in [3.05, 3.63) is 39.9 Å². The lowest BCUT2D eigenvalue weighted by molar-refractivity contribution is -0.385. The van der Waals surface area contributed by atoms with Crippen LogP contribution in [0.1, 0.15) is 26.3 Å². The van der Waals surface area contributed by atoms with Crippen LogP contribution in [-0.4, -0.2) is 18.0 Å². The van der Waals surface area contributed by atoms with E-state index in [0.29, 0.717) is 18.3 Å². The van der Waals surface area contributed by atoms with Gasteiger partial charge in [-0.1, -0.05) is 39.0 Å². The molecule has 1 aromatic rings. The van der Waals surface area contributed by atoms with Crippen LogP contribution in [0.15, 0.2) is 24.3 Å². The molecule has 2 atom stereocenters. The van der Waals surface area contributed by atoms with E-state index in [0.717, 1.165) is 5.56 Å². The van der Waals surface area contributed by atoms with Gasteiger partial charge in [0, 0.05) is 17.7 Å². The largest absolute Gasteiger partial charge is 0.316 e. The van der Waals surface area contributed by atoms with Crippen LogP contribution in [0, 0.1) is 22.0 Å². The Hall–Kier alpha value is -1.42. The maximum Gasteiger partial charge on any atom is 0.272 e. The molecule has 4 heteroatoms. The lowest BCUT2D eigenvalue weighted by atomic mass is 9.86. The van der Waals surface area contributed by atoms with Crippen molar-refractivity contribution in [1.82, 2.24) is 5.32 Å². The van der Waals surface area contributed by atoms with Gasteiger partial charge in [-0.25, -0.2) is 0 Å². The van der Waals surface area contributed by atoms with Crippen molar-refractivity contribution in [2.24, 2.45) is 11.8 Å². The summed E-state index contributed by atoms with van der Waals surface area (Å²) in [7, 11) is 1.92. The molecule has 1 aromatic carbocycles. The molecule has 0 aliphatic heterocycles. The van der Waals surface area contributed by atoms with Gasteiger partial charge in [0.25, 0.3) is 5.69 Å². The smallest absolute Gasteiger partial charge is 0.272 e. The monoisotopic (exact) mass is 250 g/mol. The van der Waals surface area contributed by atoms with Crippen LogP contribution in [0.4, 0.5) is 5.69 Å². The molecular formula is C14H22N2O2. The van der Waals surface area contributed by atoms with Gasteiger partial charge >= 0.3 is 0 Å². The van der Waals surface area contributed by atoms with Crippen molar-refractivity contribution < 1.29 is 4.92 Å². The molecule has 0 heterocycles. The van der Waals surface area contributed by atoms with Gasteiger partial charge in [-0.05, 0) is 25.3 Å². The molecule has 18 heavy (non-hydrogen) atoms. The van der Waals surface area contributed by atoms with Crippen LogP contribution in [-0.2, 0) is 6.42 Å². The second-order valence-corrected chi connectivity index (χ2v) is 5.09. The van der Waals surface area contributed by atoms with Crippen LogP contribution in [0.2, 0.25) is 0 Å². The lowest BCUT2D eigenvalue weighted by Crippen LogP contribution is -2.36. The lowest BCUT2D eigenvalue weighted by Gasteiger charge is -2.26. The van der Waals surface area contributed by atoms with Crippen molar-refractivity contribution in [2.45, 2.75) is 33.2 Å². The van der Waals surface area contributed by atoms with Gasteiger partial charge in [-0.2, -0.15) is 0 Å². The zero-order valence-corrected chi connectivity index (χ0v) is 11.5. The van der Waals surface area contributed by atoms with E-state index in [9.17, 15) is 10.1 Å². The number of hydrogen-bond donors (Lipinski definition) is 1. The van der Waals surface area contributed by atoms with Crippen molar-refractivity contribution in [3.8, 4) is 0 Å². The molecule has 0 saturated carbocycles. The molecule has 4 nitrogen and oxygen atoms in total. The summed E-state index contributed by atoms with van der Waals surface area (Å²) in [5, 5.41) is 14.3. The Balaban J connectivity index is 2.91. The number of nitro benzene ring substituents is 1. The minimum Gasteiger partial charge on any atom is -0.316 e. The summed E-state index contributed by atoms with van der Waals surface area (Å²) in [6.07, 6.45) is 0.687. The Labute approximate surface area is 109 Å². The van der Waals surface area contributed by atoms with E-state index in [4.69, 9.17) is 0 Å². The summed E-state index contributed by atoms with van der Waals surface area (Å²) in [5.74, 6) is 1.01. The third kappa shape index (κ3) is 3.53. The molecule has 0 aliphatic rings. The highest BCUT2D eigenvalue weighted by atomic mass is 16.6. The molecule has 100 valence electrons. The van der Waals surface area contributed by atoms with Gasteiger partial charge in [0.05, 0.1) is 4.92 Å². The molecule has 2 unspecified atom stereocenters. The minimum absolute atomic E-state index is 0.216. The molecule has 0 radical (unpaired) electrons. The summed E-state index contributed by atoms with van der Waals surface area (Å²) in [4.78, 5) is 10.7. The van der Waals surface area contributed by atoms with Crippen LogP contribution in [0.5, 0.6) is 0 Å². The maximum atomic E-state index is 11.0. The van der Waals surface area contributed by atoms with Crippen LogP contribution in [0.3, 0.4) is 0 Å². The number of likely N-dealkylation sites (N-methyl/N-ethyl adjacent to an activating group) is 1. The van der Waals surface area contributed by atoms with E-state index in [2.05, 4.69) is 26.1 Å². The third-order valence-corrected chi connectivity index (χ3v) is 3.69. The Morgan fingerprint density at radius 3 is 2.39 bits per heavy atom. The maximum absolute atomic E-state index is 11.0. The van der Waals surface area contributed by atoms with Crippen molar-refractivity contribution in [1.29, 1.82) is 0 Å². The SMILES string of the molecule is CNC(Cc1ccccc1[N+](=O)[O-])C(C)C(C)C. The number of nitrogens with zero attached hydrogens (tertiary/aromatic N) is 1. The average Bonchev–Trinajstić information content (AvgIpc) is 2.35. The van der Waals surface area contributed by atoms with Gasteiger partial charge in [0.2, 0.25) is 0 Å². The van der Waals surface area contributed by atoms with Gasteiger partial charge < -0.3 is 5.32 Å². The first-order valence-electron chi connectivity index (χ1n) is 6.37. The predicted octanol–water partition coefficient (Wildman–Crippen LogP) is 3.02. The number of benzene rings is 1. The fourth-order valence-electron chi connectivity index (χ4n) is 2.11. The van der Waals surface area contributed by atoms with E-state index in [-0.39, 0.29) is 16.7 Å². The Morgan fingerprint density at radius 1 is 1.28 bits per heavy atom. The summed E-state index contributed by atoms with van der Waals surface area (Å²) < 4.78 is 0. The standard InChI is InChI=1S/C14H22N2O2/c1-10(2)11(3)13(15-4)9-12-7-5-6-8-14(12)16(17)18/h5-8,10-11,13,15H,9H2,1-4H3. The molecular weight excluding hydrogens is 228 g/mol. The molecule has 0 spiro atoms. The topological polar surface area (TPSA) is 55.2 Å². The van der Waals surface area contributed by atoms with Gasteiger partial charge in [0.15, 0.2) is 0 Å². The molecule has 0 bridgehead atoms. The van der Waals surface area contributed by atoms with Crippen molar-refractivity contribution in [3.63, 3.8) is 0 Å². The molecule has 1 rings (SSSR count). The van der Waals surface area contributed by atoms with E-state index in [1.807, 2.05) is 19.2 Å². The Kier molecular flexibility index (Phi) is 5.28. The molecule has 1 N–H and O–H groups in total. The van der Waals surface area contributed by atoms with Gasteiger partial charge in [0.1, 0.15) is 0 Å². The highest BCUT2D eigenvalue weighted by Crippen LogP contribution is 2.23. The molecule has 0 aliphatic carbocycles. The summed E-state index contributed by atoms with van der Waals surface area (Å²) in [6.45, 7) is 6.53. The first-order valence-corrected chi connectivity index (χ1v) is 6.37. The quantitative estimate of drug-likeness (QED) is 0.623. The normalized spacial score (nSPS) is 14.5. The van der Waals surface area contributed by atoms with Gasteiger partial charge in [-0.3, -0.25) is 10.1 Å². The molecule has 0 fully saturated rings. The van der Waals surface area contributed by atoms with Gasteiger partial charge in [-0.15, -0.1) is 0 Å². The Bertz CT molecular complexity index is 405. The van der Waals surface area contributed by atoms with Crippen LogP contribution < -0.4 is 5.32 Å². The van der Waals surface area contributed by atoms with Crippen molar-refractivity contribution in [2.75, 3.05) is 7.05 Å². The average molecular weight is 250 g/mol. The number of rotatable bonds is 6. The fourth-order valence-corrected chi connectivity index (χ4v) is 2.11. The number of para-hydroxylation sites is 1. The summed E-state index contributed by atoms with van der Waals surface area (Å²) in [5.41, 5.74) is 1.02. The molecule has 0 aromatic heterocycles. The minimum atomic E-state index is -0.303. The predicted molar refractivity (Wildman–Crippen MR) is 73.7 cm³/mol. The Morgan fingerprint density at radius 2 is 1.89 bits per heavy atom.